The van der Waals surface area contributed by atoms with Crippen LogP contribution in [0.2, 0.25) is 0 Å². The van der Waals surface area contributed by atoms with Crippen molar-refractivity contribution in [1.82, 2.24) is 0 Å². The molecule has 0 spiro atoms. The fraction of sp³-hybridized carbons (Fsp3) is 0.747. The largest absolute Gasteiger partial charge is 0.472 e. The summed E-state index contributed by atoms with van der Waals surface area (Å²) in [6.07, 6.45) is 74.2. The molecular weight excluding hydrogens is 1280 g/mol. The Hall–Kier alpha value is -4.02. The van der Waals surface area contributed by atoms with E-state index in [2.05, 4.69) is 107 Å². The lowest BCUT2D eigenvalue weighted by atomic mass is 10.0. The van der Waals surface area contributed by atoms with Crippen LogP contribution in [0.1, 0.15) is 323 Å². The molecule has 0 aliphatic heterocycles. The Morgan fingerprint density at radius 1 is 0.296 bits per heavy atom. The highest BCUT2D eigenvalue weighted by Crippen LogP contribution is 2.45. The van der Waals surface area contributed by atoms with Gasteiger partial charge >= 0.3 is 39.5 Å². The molecule has 0 saturated heterocycles. The molecule has 0 heterocycles. The molecule has 0 amide bonds. The number of aliphatic hydroxyl groups is 1. The van der Waals surface area contributed by atoms with E-state index in [1.165, 1.54) is 103 Å². The van der Waals surface area contributed by atoms with Gasteiger partial charge in [0.25, 0.3) is 0 Å². The van der Waals surface area contributed by atoms with Crippen LogP contribution in [0.5, 0.6) is 0 Å². The van der Waals surface area contributed by atoms with Crippen LogP contribution in [-0.4, -0.2) is 96.7 Å². The Kier molecular flexibility index (Phi) is 68.4. The summed E-state index contributed by atoms with van der Waals surface area (Å²) in [5.41, 5.74) is 0. The minimum Gasteiger partial charge on any atom is -0.462 e. The van der Waals surface area contributed by atoms with Crippen LogP contribution in [0.25, 0.3) is 0 Å². The Morgan fingerprint density at radius 2 is 0.571 bits per heavy atom. The van der Waals surface area contributed by atoms with E-state index in [1.54, 1.807) is 0 Å². The van der Waals surface area contributed by atoms with E-state index >= 15 is 0 Å². The van der Waals surface area contributed by atoms with Crippen LogP contribution in [0, 0.1) is 0 Å². The summed E-state index contributed by atoms with van der Waals surface area (Å²) >= 11 is 0. The number of carbonyl (C=O) groups is 4. The number of ether oxygens (including phenoxy) is 4. The first-order chi connectivity index (χ1) is 47.7. The molecule has 0 aromatic carbocycles. The minimum absolute atomic E-state index is 0.0382. The van der Waals surface area contributed by atoms with Gasteiger partial charge in [-0.1, -0.05) is 305 Å². The maximum absolute atomic E-state index is 13.1. The molecule has 3 N–H and O–H groups in total. The van der Waals surface area contributed by atoms with Crippen molar-refractivity contribution in [3.63, 3.8) is 0 Å². The highest BCUT2D eigenvalue weighted by Gasteiger charge is 2.30. The normalized spacial score (nSPS) is 14.5. The van der Waals surface area contributed by atoms with Crippen molar-refractivity contribution in [3.8, 4) is 0 Å². The summed E-state index contributed by atoms with van der Waals surface area (Å²) in [6.45, 7) is 4.62. The van der Waals surface area contributed by atoms with Crippen LogP contribution in [-0.2, 0) is 65.4 Å². The van der Waals surface area contributed by atoms with Gasteiger partial charge in [-0.25, -0.2) is 9.13 Å². The number of carbonyl (C=O) groups excluding carboxylic acids is 4. The molecule has 5 atom stereocenters. The molecule has 19 heteroatoms. The first-order valence-corrected chi connectivity index (χ1v) is 41.5. The standard InChI is InChI=1S/C79H138O17P2/c1-5-9-13-17-21-25-29-32-34-35-36-37-39-41-45-48-52-56-60-64-77(82)90-70-75(96-79(84)66-62-58-54-50-46-42-38-33-30-26-22-18-14-10-6-2)72-94-98(87,88)92-68-73(80)67-91-97(85,86)93-71-74(95-78(83)65-61-57-53-49-43-28-24-20-16-12-8-4)69-89-76(81)63-59-55-51-47-44-40-31-27-23-19-15-11-7-3/h9,13,15,19,21,25,27,31-32,34,36-37,41,45,52,56,73-75,80H,5-8,10-12,14,16-18,20,22-24,26,28-30,33,35,38-40,42-44,46-51,53-55,57-72H2,1-4H3,(H,85,86)(H,87,88)/b13-9-,19-15-,25-21-,31-27-,34-32-,37-36-,45-41-,56-52-. The number of phosphoric acid groups is 2. The number of allylic oxidation sites excluding steroid dienone is 16. The number of phosphoric ester groups is 2. The molecule has 0 aromatic rings. The van der Waals surface area contributed by atoms with Crippen molar-refractivity contribution in [2.45, 2.75) is 341 Å². The fourth-order valence-electron chi connectivity index (χ4n) is 10.2. The highest BCUT2D eigenvalue weighted by atomic mass is 31.2. The van der Waals surface area contributed by atoms with Gasteiger partial charge < -0.3 is 33.8 Å². The third-order valence-corrected chi connectivity index (χ3v) is 18.0. The first kappa shape index (κ1) is 94.0. The average molecular weight is 1420 g/mol. The van der Waals surface area contributed by atoms with Gasteiger partial charge in [-0.15, -0.1) is 0 Å². The molecule has 0 aliphatic rings. The van der Waals surface area contributed by atoms with Gasteiger partial charge in [0.2, 0.25) is 0 Å². The van der Waals surface area contributed by atoms with Gasteiger partial charge in [-0.2, -0.15) is 0 Å². The second kappa shape index (κ2) is 71.4. The number of aliphatic hydroxyl groups excluding tert-OH is 1. The maximum atomic E-state index is 13.1. The van der Waals surface area contributed by atoms with E-state index in [4.69, 9.17) is 37.0 Å². The van der Waals surface area contributed by atoms with Crippen molar-refractivity contribution in [3.05, 3.63) is 97.2 Å². The van der Waals surface area contributed by atoms with E-state index in [1.807, 2.05) is 18.2 Å². The smallest absolute Gasteiger partial charge is 0.462 e. The zero-order chi connectivity index (χ0) is 71.8. The quantitative estimate of drug-likeness (QED) is 0.0169. The summed E-state index contributed by atoms with van der Waals surface area (Å²) in [5.74, 6) is -2.27. The monoisotopic (exact) mass is 1420 g/mol. The number of rotatable bonds is 72. The predicted octanol–water partition coefficient (Wildman–Crippen LogP) is 22.0. The minimum atomic E-state index is -4.99. The van der Waals surface area contributed by atoms with Gasteiger partial charge in [-0.3, -0.25) is 37.3 Å². The first-order valence-electron chi connectivity index (χ1n) is 38.5. The second-order valence-corrected chi connectivity index (χ2v) is 28.5. The van der Waals surface area contributed by atoms with E-state index in [-0.39, 0.29) is 25.7 Å². The Bertz CT molecular complexity index is 2240. The topological polar surface area (TPSA) is 237 Å². The molecule has 5 unspecified atom stereocenters. The van der Waals surface area contributed by atoms with Crippen molar-refractivity contribution in [2.24, 2.45) is 0 Å². The summed E-state index contributed by atoms with van der Waals surface area (Å²) in [5, 5.41) is 10.6. The molecule has 0 fully saturated rings. The van der Waals surface area contributed by atoms with E-state index in [0.29, 0.717) is 32.1 Å². The van der Waals surface area contributed by atoms with Crippen LogP contribution in [0.4, 0.5) is 0 Å². The Morgan fingerprint density at radius 3 is 0.918 bits per heavy atom. The van der Waals surface area contributed by atoms with Crippen molar-refractivity contribution < 1.29 is 80.2 Å². The van der Waals surface area contributed by atoms with Crippen molar-refractivity contribution in [2.75, 3.05) is 39.6 Å². The van der Waals surface area contributed by atoms with Crippen LogP contribution >= 0.6 is 15.6 Å². The molecular formula is C79H138O17P2. The number of hydrogen-bond acceptors (Lipinski definition) is 15. The lowest BCUT2D eigenvalue weighted by Crippen LogP contribution is -2.30. The molecule has 0 saturated carbocycles. The van der Waals surface area contributed by atoms with Crippen molar-refractivity contribution in [1.29, 1.82) is 0 Å². The molecule has 0 aromatic heterocycles. The summed E-state index contributed by atoms with van der Waals surface area (Å²) in [6, 6.07) is 0. The van der Waals surface area contributed by atoms with Gasteiger partial charge in [0.15, 0.2) is 12.2 Å². The van der Waals surface area contributed by atoms with Crippen LogP contribution < -0.4 is 0 Å². The predicted molar refractivity (Wildman–Crippen MR) is 399 cm³/mol. The molecule has 0 bridgehead atoms. The van der Waals surface area contributed by atoms with Crippen molar-refractivity contribution >= 4 is 39.5 Å². The number of hydrogen-bond donors (Lipinski definition) is 3. The van der Waals surface area contributed by atoms with Crippen LogP contribution in [0.15, 0.2) is 97.2 Å². The third-order valence-electron chi connectivity index (χ3n) is 16.1. The Labute approximate surface area is 595 Å². The number of unbranched alkanes of at least 4 members (excludes halogenated alkanes) is 30. The molecule has 0 radical (unpaired) electrons. The van der Waals surface area contributed by atoms with E-state index < -0.39 is 97.5 Å². The van der Waals surface area contributed by atoms with Gasteiger partial charge in [0.05, 0.1) is 26.4 Å². The zero-order valence-electron chi connectivity index (χ0n) is 61.7. The van der Waals surface area contributed by atoms with E-state index in [9.17, 15) is 43.2 Å². The molecule has 98 heavy (non-hydrogen) atoms. The molecule has 566 valence electrons. The third kappa shape index (κ3) is 70.4. The number of esters is 4. The van der Waals surface area contributed by atoms with Gasteiger partial charge in [0.1, 0.15) is 19.3 Å². The SMILES string of the molecule is CC/C=C\C/C=C\C/C=C\C/C=C\C/C=C\C/C=C\CCC(=O)OCC(COP(=O)(O)OCC(O)COP(=O)(O)OCC(COC(=O)CCCCCCC/C=C\C/C=C\CCC)OC(=O)CCCCCCCCCCCCC)OC(=O)CCCCCCCCCCCCCCCCC. The molecule has 0 rings (SSSR count). The summed E-state index contributed by atoms with van der Waals surface area (Å²) < 4.78 is 68.4. The second-order valence-electron chi connectivity index (χ2n) is 25.6. The summed E-state index contributed by atoms with van der Waals surface area (Å²) in [7, 11) is -9.96. The van der Waals surface area contributed by atoms with Gasteiger partial charge in [-0.05, 0) is 89.9 Å². The zero-order valence-corrected chi connectivity index (χ0v) is 63.5. The maximum Gasteiger partial charge on any atom is 0.472 e. The molecule has 17 nitrogen and oxygen atoms in total. The lowest BCUT2D eigenvalue weighted by Gasteiger charge is -2.21. The lowest BCUT2D eigenvalue weighted by molar-refractivity contribution is -0.161. The fourth-order valence-corrected chi connectivity index (χ4v) is 11.8. The van der Waals surface area contributed by atoms with E-state index in [0.717, 1.165) is 135 Å². The van der Waals surface area contributed by atoms with Gasteiger partial charge in [0, 0.05) is 25.7 Å². The van der Waals surface area contributed by atoms with Crippen LogP contribution in [0.3, 0.4) is 0 Å². The average Bonchev–Trinajstić information content (AvgIpc) is 0.992. The molecule has 0 aliphatic carbocycles. The summed E-state index contributed by atoms with van der Waals surface area (Å²) in [4.78, 5) is 72.8. The highest BCUT2D eigenvalue weighted by molar-refractivity contribution is 7.47. The Balaban J connectivity index is 5.38.